The quantitative estimate of drug-likeness (QED) is 0.612. The van der Waals surface area contributed by atoms with Gasteiger partial charge >= 0.3 is 5.97 Å². The van der Waals surface area contributed by atoms with Crippen LogP contribution in [0.3, 0.4) is 0 Å². The SMILES string of the molecule is COC(=O)c1cccc(N=c2oc3cc(O)ccc3cc2C(=O)NC[C@@H]2CCCO2)c1. The fourth-order valence-corrected chi connectivity index (χ4v) is 3.40. The molecule has 0 aliphatic carbocycles. The highest BCUT2D eigenvalue weighted by Crippen LogP contribution is 2.21. The molecule has 4 rings (SSSR count). The minimum absolute atomic E-state index is 0.00424. The molecule has 1 aliphatic rings. The fraction of sp³-hybridized carbons (Fsp3) is 0.261. The third-order valence-corrected chi connectivity index (χ3v) is 4.99. The number of amides is 1. The molecule has 1 saturated heterocycles. The first-order valence-electron chi connectivity index (χ1n) is 9.93. The van der Waals surface area contributed by atoms with Gasteiger partial charge in [0.15, 0.2) is 0 Å². The lowest BCUT2D eigenvalue weighted by Gasteiger charge is -2.11. The van der Waals surface area contributed by atoms with Crippen LogP contribution in [0.5, 0.6) is 5.75 Å². The number of hydrogen-bond acceptors (Lipinski definition) is 7. The summed E-state index contributed by atoms with van der Waals surface area (Å²) in [4.78, 5) is 29.2. The molecule has 0 saturated carbocycles. The van der Waals surface area contributed by atoms with E-state index < -0.39 is 5.97 Å². The van der Waals surface area contributed by atoms with Crippen LogP contribution in [0.2, 0.25) is 0 Å². The number of carbonyl (C=O) groups excluding carboxylic acids is 2. The van der Waals surface area contributed by atoms with Gasteiger partial charge in [-0.2, -0.15) is 0 Å². The normalized spacial score (nSPS) is 16.4. The number of phenolic OH excluding ortho intramolecular Hbond substituents is 1. The highest BCUT2D eigenvalue weighted by atomic mass is 16.5. The van der Waals surface area contributed by atoms with Gasteiger partial charge in [0.1, 0.15) is 16.9 Å². The summed E-state index contributed by atoms with van der Waals surface area (Å²) in [6, 6.07) is 12.8. The molecule has 8 heteroatoms. The summed E-state index contributed by atoms with van der Waals surface area (Å²) in [5, 5.41) is 13.3. The first-order chi connectivity index (χ1) is 15.0. The van der Waals surface area contributed by atoms with E-state index in [1.165, 1.54) is 19.2 Å². The maximum atomic E-state index is 12.9. The molecule has 1 aliphatic heterocycles. The number of phenols is 1. The van der Waals surface area contributed by atoms with Crippen LogP contribution < -0.4 is 10.9 Å². The number of carbonyl (C=O) groups is 2. The number of rotatable bonds is 5. The van der Waals surface area contributed by atoms with Crippen LogP contribution in [-0.2, 0) is 9.47 Å². The lowest BCUT2D eigenvalue weighted by Crippen LogP contribution is -2.34. The number of fused-ring (bicyclic) bond motifs is 1. The molecule has 160 valence electrons. The van der Waals surface area contributed by atoms with Crippen molar-refractivity contribution in [2.24, 2.45) is 4.99 Å². The van der Waals surface area contributed by atoms with Crippen LogP contribution in [0.15, 0.2) is 57.9 Å². The van der Waals surface area contributed by atoms with Gasteiger partial charge in [-0.05, 0) is 49.2 Å². The van der Waals surface area contributed by atoms with Crippen molar-refractivity contribution >= 4 is 28.5 Å². The molecular formula is C23H22N2O6. The third kappa shape index (κ3) is 4.75. The van der Waals surface area contributed by atoms with Gasteiger partial charge in [0, 0.05) is 24.6 Å². The Hall–Kier alpha value is -3.65. The summed E-state index contributed by atoms with van der Waals surface area (Å²) >= 11 is 0. The Morgan fingerprint density at radius 3 is 2.87 bits per heavy atom. The number of benzene rings is 2. The van der Waals surface area contributed by atoms with E-state index in [0.29, 0.717) is 35.4 Å². The first kappa shape index (κ1) is 20.6. The molecule has 1 aromatic heterocycles. The van der Waals surface area contributed by atoms with Crippen molar-refractivity contribution < 1.29 is 28.6 Å². The Morgan fingerprint density at radius 2 is 2.10 bits per heavy atom. The van der Waals surface area contributed by atoms with Gasteiger partial charge in [-0.3, -0.25) is 4.79 Å². The Bertz CT molecular complexity index is 1190. The number of aromatic hydroxyl groups is 1. The highest BCUT2D eigenvalue weighted by Gasteiger charge is 2.19. The predicted molar refractivity (Wildman–Crippen MR) is 112 cm³/mol. The molecule has 1 atom stereocenters. The van der Waals surface area contributed by atoms with E-state index in [1.54, 1.807) is 36.4 Å². The molecule has 8 nitrogen and oxygen atoms in total. The zero-order valence-corrected chi connectivity index (χ0v) is 17.0. The molecule has 3 aromatic rings. The van der Waals surface area contributed by atoms with Gasteiger partial charge in [0.25, 0.3) is 5.91 Å². The van der Waals surface area contributed by atoms with Crippen molar-refractivity contribution in [2.45, 2.75) is 18.9 Å². The van der Waals surface area contributed by atoms with Gasteiger partial charge < -0.3 is 24.3 Å². The van der Waals surface area contributed by atoms with Crippen LogP contribution in [0.4, 0.5) is 5.69 Å². The van der Waals surface area contributed by atoms with E-state index in [1.807, 2.05) is 0 Å². The molecule has 2 N–H and O–H groups in total. The molecular weight excluding hydrogens is 400 g/mol. The van der Waals surface area contributed by atoms with Gasteiger partial charge in [-0.15, -0.1) is 0 Å². The average Bonchev–Trinajstić information content (AvgIpc) is 3.30. The summed E-state index contributed by atoms with van der Waals surface area (Å²) in [7, 11) is 1.30. The Kier molecular flexibility index (Phi) is 5.99. The first-order valence-corrected chi connectivity index (χ1v) is 9.93. The predicted octanol–water partition coefficient (Wildman–Crippen LogP) is 3.07. The Labute approximate surface area is 178 Å². The van der Waals surface area contributed by atoms with Crippen molar-refractivity contribution in [3.63, 3.8) is 0 Å². The second kappa shape index (κ2) is 9.01. The Morgan fingerprint density at radius 1 is 1.23 bits per heavy atom. The van der Waals surface area contributed by atoms with Crippen LogP contribution in [0, 0.1) is 0 Å². The largest absolute Gasteiger partial charge is 0.508 e. The lowest BCUT2D eigenvalue weighted by atomic mass is 10.1. The summed E-state index contributed by atoms with van der Waals surface area (Å²) in [5.41, 5.74) is 1.41. The zero-order valence-electron chi connectivity index (χ0n) is 17.0. The Balaban J connectivity index is 1.76. The van der Waals surface area contributed by atoms with Gasteiger partial charge in [0.2, 0.25) is 5.55 Å². The summed E-state index contributed by atoms with van der Waals surface area (Å²) in [5.74, 6) is -0.811. The van der Waals surface area contributed by atoms with E-state index >= 15 is 0 Å². The molecule has 0 spiro atoms. The smallest absolute Gasteiger partial charge is 0.337 e. The zero-order chi connectivity index (χ0) is 21.8. The fourth-order valence-electron chi connectivity index (χ4n) is 3.40. The average molecular weight is 422 g/mol. The molecule has 0 unspecified atom stereocenters. The van der Waals surface area contributed by atoms with E-state index in [4.69, 9.17) is 13.9 Å². The number of nitrogens with zero attached hydrogens (tertiary/aromatic N) is 1. The molecule has 31 heavy (non-hydrogen) atoms. The minimum Gasteiger partial charge on any atom is -0.508 e. The van der Waals surface area contributed by atoms with Crippen LogP contribution in [-0.4, -0.2) is 43.3 Å². The maximum Gasteiger partial charge on any atom is 0.337 e. The molecule has 2 heterocycles. The van der Waals surface area contributed by atoms with Gasteiger partial charge in [-0.25, -0.2) is 9.79 Å². The number of hydrogen-bond donors (Lipinski definition) is 2. The highest BCUT2D eigenvalue weighted by molar-refractivity contribution is 5.96. The van der Waals surface area contributed by atoms with Crippen LogP contribution in [0.25, 0.3) is 11.0 Å². The van der Waals surface area contributed by atoms with E-state index in [-0.39, 0.29) is 28.9 Å². The van der Waals surface area contributed by atoms with Crippen LogP contribution in [0.1, 0.15) is 33.6 Å². The third-order valence-electron chi connectivity index (χ3n) is 4.99. The van der Waals surface area contributed by atoms with Crippen LogP contribution >= 0.6 is 0 Å². The van der Waals surface area contributed by atoms with E-state index in [0.717, 1.165) is 12.8 Å². The number of ether oxygens (including phenoxy) is 2. The maximum absolute atomic E-state index is 12.9. The van der Waals surface area contributed by atoms with Crippen molar-refractivity contribution in [1.29, 1.82) is 0 Å². The molecule has 2 aromatic carbocycles. The number of nitrogens with one attached hydrogen (secondary N) is 1. The molecule has 1 amide bonds. The monoisotopic (exact) mass is 422 g/mol. The minimum atomic E-state index is -0.494. The summed E-state index contributed by atoms with van der Waals surface area (Å²) < 4.78 is 16.2. The number of methoxy groups -OCH3 is 1. The molecule has 1 fully saturated rings. The summed E-state index contributed by atoms with van der Waals surface area (Å²) in [6.45, 7) is 1.09. The van der Waals surface area contributed by atoms with Crippen molar-refractivity contribution in [3.8, 4) is 5.75 Å². The van der Waals surface area contributed by atoms with E-state index in [2.05, 4.69) is 10.3 Å². The molecule has 0 radical (unpaired) electrons. The number of esters is 1. The second-order valence-electron chi connectivity index (χ2n) is 7.19. The van der Waals surface area contributed by atoms with Crippen molar-refractivity contribution in [3.05, 3.63) is 65.2 Å². The van der Waals surface area contributed by atoms with Gasteiger partial charge in [-0.1, -0.05) is 6.07 Å². The van der Waals surface area contributed by atoms with Crippen molar-refractivity contribution in [2.75, 3.05) is 20.3 Å². The second-order valence-corrected chi connectivity index (χ2v) is 7.19. The molecule has 0 bridgehead atoms. The lowest BCUT2D eigenvalue weighted by molar-refractivity contribution is 0.0600. The van der Waals surface area contributed by atoms with E-state index in [9.17, 15) is 14.7 Å². The van der Waals surface area contributed by atoms with Crippen molar-refractivity contribution in [1.82, 2.24) is 5.32 Å². The summed E-state index contributed by atoms with van der Waals surface area (Å²) in [6.07, 6.45) is 1.88. The van der Waals surface area contributed by atoms with Gasteiger partial charge in [0.05, 0.1) is 24.5 Å². The topological polar surface area (TPSA) is 110 Å². The standard InChI is InChI=1S/C23H22N2O6/c1-29-23(28)15-4-2-5-16(10-15)25-22-19(21(27)24-13-18-6-3-9-30-18)11-14-7-8-17(26)12-20(14)31-22/h2,4-5,7-8,10-12,18,26H,3,6,9,13H2,1H3,(H,24,27)/t18-/m0/s1.